The summed E-state index contributed by atoms with van der Waals surface area (Å²) in [5.74, 6) is 1.20. The molecule has 1 atom stereocenters. The topological polar surface area (TPSA) is 71.7 Å². The zero-order chi connectivity index (χ0) is 18.1. The fraction of sp³-hybridized carbons (Fsp3) is 0.650. The maximum Gasteiger partial charge on any atom is 0.188 e. The molecule has 1 aromatic carbocycles. The lowest BCUT2D eigenvalue weighted by atomic mass is 9.88. The summed E-state index contributed by atoms with van der Waals surface area (Å²) in [6.07, 6.45) is 3.00. The lowest BCUT2D eigenvalue weighted by molar-refractivity contribution is 0.0374. The first-order valence-electron chi connectivity index (χ1n) is 9.45. The van der Waals surface area contributed by atoms with Crippen LogP contribution in [0.4, 0.5) is 0 Å². The van der Waals surface area contributed by atoms with Crippen molar-refractivity contribution >= 4 is 29.9 Å². The molecule has 1 aliphatic heterocycles. The number of nitrogens with one attached hydrogen (secondary N) is 2. The first-order valence-corrected chi connectivity index (χ1v) is 9.45. The summed E-state index contributed by atoms with van der Waals surface area (Å²) in [5, 5.41) is 7.03. The number of ether oxygens (including phenoxy) is 1. The second-order valence-corrected chi connectivity index (χ2v) is 7.48. The second kappa shape index (κ2) is 11.8. The number of nitrogens with zero attached hydrogens (tertiary/aromatic N) is 1. The summed E-state index contributed by atoms with van der Waals surface area (Å²) in [7, 11) is 0. The van der Waals surface area contributed by atoms with Crippen LogP contribution >= 0.6 is 24.0 Å². The molecule has 1 aliphatic rings. The SMILES string of the molecule is CC(C)CCNC(N)=NCC1(NC(C)c2ccccc2)CCOCC1.I. The number of hydrogen-bond donors (Lipinski definition) is 3. The highest BCUT2D eigenvalue weighted by atomic mass is 127. The number of aliphatic imine (C=N–C) groups is 1. The summed E-state index contributed by atoms with van der Waals surface area (Å²) in [4.78, 5) is 4.63. The van der Waals surface area contributed by atoms with Crippen LogP contribution in [-0.2, 0) is 4.74 Å². The van der Waals surface area contributed by atoms with Crippen molar-refractivity contribution in [3.63, 3.8) is 0 Å². The lowest BCUT2D eigenvalue weighted by Gasteiger charge is -2.39. The Morgan fingerprint density at radius 2 is 1.85 bits per heavy atom. The Morgan fingerprint density at radius 3 is 2.46 bits per heavy atom. The standard InChI is InChI=1S/C20H34N4O.HI/c1-16(2)9-12-22-19(21)23-15-20(10-13-25-14-11-20)24-17(3)18-7-5-4-6-8-18;/h4-8,16-17,24H,9-15H2,1-3H3,(H3,21,22,23);1H. The highest BCUT2D eigenvalue weighted by Crippen LogP contribution is 2.25. The van der Waals surface area contributed by atoms with Gasteiger partial charge in [0.2, 0.25) is 0 Å². The maximum absolute atomic E-state index is 6.06. The van der Waals surface area contributed by atoms with E-state index in [1.807, 2.05) is 6.07 Å². The monoisotopic (exact) mass is 474 g/mol. The van der Waals surface area contributed by atoms with E-state index >= 15 is 0 Å². The van der Waals surface area contributed by atoms with Gasteiger partial charge in [0, 0.05) is 31.3 Å². The van der Waals surface area contributed by atoms with E-state index in [1.54, 1.807) is 0 Å². The van der Waals surface area contributed by atoms with Gasteiger partial charge in [-0.25, -0.2) is 0 Å². The van der Waals surface area contributed by atoms with Gasteiger partial charge in [-0.15, -0.1) is 24.0 Å². The van der Waals surface area contributed by atoms with Crippen molar-refractivity contribution in [3.05, 3.63) is 35.9 Å². The molecule has 1 saturated heterocycles. The molecule has 0 bridgehead atoms. The fourth-order valence-electron chi connectivity index (χ4n) is 3.18. The molecule has 1 heterocycles. The van der Waals surface area contributed by atoms with Gasteiger partial charge in [-0.1, -0.05) is 44.2 Å². The smallest absolute Gasteiger partial charge is 0.188 e. The summed E-state index contributed by atoms with van der Waals surface area (Å²) in [5.41, 5.74) is 7.29. The van der Waals surface area contributed by atoms with E-state index in [1.165, 1.54) is 5.56 Å². The summed E-state index contributed by atoms with van der Waals surface area (Å²) in [6, 6.07) is 10.8. The van der Waals surface area contributed by atoms with Crippen molar-refractivity contribution in [2.75, 3.05) is 26.3 Å². The van der Waals surface area contributed by atoms with Crippen LogP contribution in [0.2, 0.25) is 0 Å². The molecule has 148 valence electrons. The van der Waals surface area contributed by atoms with Gasteiger partial charge in [-0.3, -0.25) is 4.99 Å². The molecule has 0 saturated carbocycles. The average molecular weight is 474 g/mol. The van der Waals surface area contributed by atoms with Crippen LogP contribution in [0.3, 0.4) is 0 Å². The van der Waals surface area contributed by atoms with Crippen molar-refractivity contribution < 1.29 is 4.74 Å². The van der Waals surface area contributed by atoms with E-state index in [2.05, 4.69) is 60.7 Å². The van der Waals surface area contributed by atoms with Crippen molar-refractivity contribution in [1.29, 1.82) is 0 Å². The quantitative estimate of drug-likeness (QED) is 0.307. The predicted molar refractivity (Wildman–Crippen MR) is 120 cm³/mol. The molecule has 1 aromatic rings. The van der Waals surface area contributed by atoms with Gasteiger partial charge >= 0.3 is 0 Å². The average Bonchev–Trinajstić information content (AvgIpc) is 2.61. The Bertz CT molecular complexity index is 530. The van der Waals surface area contributed by atoms with E-state index in [0.717, 1.165) is 39.0 Å². The Balaban J connectivity index is 0.00000338. The fourth-order valence-corrected chi connectivity index (χ4v) is 3.18. The van der Waals surface area contributed by atoms with Crippen LogP contribution in [0, 0.1) is 5.92 Å². The van der Waals surface area contributed by atoms with Gasteiger partial charge in [-0.2, -0.15) is 0 Å². The van der Waals surface area contributed by atoms with E-state index < -0.39 is 0 Å². The maximum atomic E-state index is 6.06. The molecule has 1 fully saturated rings. The predicted octanol–water partition coefficient (Wildman–Crippen LogP) is 3.45. The largest absolute Gasteiger partial charge is 0.381 e. The van der Waals surface area contributed by atoms with Gasteiger partial charge in [0.1, 0.15) is 0 Å². The number of halogens is 1. The van der Waals surface area contributed by atoms with Crippen molar-refractivity contribution in [2.24, 2.45) is 16.6 Å². The first-order chi connectivity index (χ1) is 12.0. The lowest BCUT2D eigenvalue weighted by Crippen LogP contribution is -2.53. The van der Waals surface area contributed by atoms with Gasteiger partial charge in [0.15, 0.2) is 5.96 Å². The van der Waals surface area contributed by atoms with E-state index in [-0.39, 0.29) is 35.6 Å². The molecule has 2 rings (SSSR count). The van der Waals surface area contributed by atoms with E-state index in [4.69, 9.17) is 10.5 Å². The summed E-state index contributed by atoms with van der Waals surface area (Å²) in [6.45, 7) is 9.71. The zero-order valence-corrected chi connectivity index (χ0v) is 18.7. The minimum atomic E-state index is -0.0577. The van der Waals surface area contributed by atoms with Gasteiger partial charge in [-0.05, 0) is 37.7 Å². The molecular formula is C20H35IN4O. The van der Waals surface area contributed by atoms with Gasteiger partial charge < -0.3 is 21.1 Å². The van der Waals surface area contributed by atoms with Crippen molar-refractivity contribution in [1.82, 2.24) is 10.6 Å². The van der Waals surface area contributed by atoms with Crippen LogP contribution in [0.25, 0.3) is 0 Å². The van der Waals surface area contributed by atoms with Crippen LogP contribution in [0.5, 0.6) is 0 Å². The van der Waals surface area contributed by atoms with Crippen LogP contribution in [0.1, 0.15) is 51.6 Å². The Hall–Kier alpha value is -0.860. The molecular weight excluding hydrogens is 439 g/mol. The third-order valence-electron chi connectivity index (χ3n) is 4.85. The summed E-state index contributed by atoms with van der Waals surface area (Å²) >= 11 is 0. The Labute approximate surface area is 175 Å². The van der Waals surface area contributed by atoms with Gasteiger partial charge in [0.05, 0.1) is 6.54 Å². The molecule has 0 radical (unpaired) electrons. The molecule has 5 nitrogen and oxygen atoms in total. The third-order valence-corrected chi connectivity index (χ3v) is 4.85. The van der Waals surface area contributed by atoms with E-state index in [0.29, 0.717) is 18.4 Å². The molecule has 0 spiro atoms. The number of benzene rings is 1. The highest BCUT2D eigenvalue weighted by Gasteiger charge is 2.33. The molecule has 0 aliphatic carbocycles. The molecule has 1 unspecified atom stereocenters. The molecule has 0 amide bonds. The zero-order valence-electron chi connectivity index (χ0n) is 16.3. The number of hydrogen-bond acceptors (Lipinski definition) is 3. The third kappa shape index (κ3) is 7.80. The molecule has 4 N–H and O–H groups in total. The Kier molecular flexibility index (Phi) is 10.5. The molecule has 6 heteroatoms. The molecule has 26 heavy (non-hydrogen) atoms. The van der Waals surface area contributed by atoms with Crippen LogP contribution in [-0.4, -0.2) is 37.8 Å². The normalized spacial score (nSPS) is 18.2. The highest BCUT2D eigenvalue weighted by molar-refractivity contribution is 14.0. The number of rotatable bonds is 8. The number of guanidine groups is 1. The van der Waals surface area contributed by atoms with E-state index in [9.17, 15) is 0 Å². The van der Waals surface area contributed by atoms with Crippen LogP contribution in [0.15, 0.2) is 35.3 Å². The van der Waals surface area contributed by atoms with Crippen LogP contribution < -0.4 is 16.4 Å². The minimum absolute atomic E-state index is 0. The van der Waals surface area contributed by atoms with Crippen molar-refractivity contribution in [3.8, 4) is 0 Å². The first kappa shape index (κ1) is 23.2. The second-order valence-electron chi connectivity index (χ2n) is 7.48. The summed E-state index contributed by atoms with van der Waals surface area (Å²) < 4.78 is 5.57. The molecule has 0 aromatic heterocycles. The van der Waals surface area contributed by atoms with Gasteiger partial charge in [0.25, 0.3) is 0 Å². The van der Waals surface area contributed by atoms with Crippen molar-refractivity contribution in [2.45, 2.75) is 51.6 Å². The number of nitrogens with two attached hydrogens (primary N) is 1. The minimum Gasteiger partial charge on any atom is -0.381 e. The Morgan fingerprint density at radius 1 is 1.19 bits per heavy atom.